The molecule has 0 radical (unpaired) electrons. The number of hydrogen-bond acceptors (Lipinski definition) is 5. The number of carbonyl (C=O) groups is 1. The highest BCUT2D eigenvalue weighted by Gasteiger charge is 2.43. The maximum absolute atomic E-state index is 11.6. The van der Waals surface area contributed by atoms with Crippen LogP contribution in [0.25, 0.3) is 0 Å². The van der Waals surface area contributed by atoms with Crippen LogP contribution in [0, 0.1) is 11.3 Å². The van der Waals surface area contributed by atoms with Gasteiger partial charge in [-0.15, -0.1) is 0 Å². The van der Waals surface area contributed by atoms with Gasteiger partial charge in [-0.2, -0.15) is 10.4 Å². The van der Waals surface area contributed by atoms with Gasteiger partial charge in [0.1, 0.15) is 5.71 Å². The number of nitriles is 1. The summed E-state index contributed by atoms with van der Waals surface area (Å²) in [5, 5.41) is 15.6. The molecule has 20 heavy (non-hydrogen) atoms. The van der Waals surface area contributed by atoms with Gasteiger partial charge in [-0.05, 0) is 19.1 Å². The van der Waals surface area contributed by atoms with Crippen molar-refractivity contribution in [3.05, 3.63) is 28.2 Å². The van der Waals surface area contributed by atoms with Crippen molar-refractivity contribution in [3.63, 3.8) is 0 Å². The summed E-state index contributed by atoms with van der Waals surface area (Å²) in [6, 6.07) is 7.17. The van der Waals surface area contributed by atoms with E-state index < -0.39 is 11.5 Å². The fraction of sp³-hybridized carbons (Fsp3) is 0.308. The maximum atomic E-state index is 11.6. The van der Waals surface area contributed by atoms with E-state index in [2.05, 4.69) is 15.9 Å². The van der Waals surface area contributed by atoms with Crippen LogP contribution >= 0.6 is 23.2 Å². The zero-order valence-electron chi connectivity index (χ0n) is 10.9. The maximum Gasteiger partial charge on any atom is 0.354 e. The molecule has 0 aromatic heterocycles. The zero-order valence-corrected chi connectivity index (χ0v) is 12.4. The molecule has 1 aliphatic rings. The highest BCUT2D eigenvalue weighted by atomic mass is 35.5. The summed E-state index contributed by atoms with van der Waals surface area (Å²) in [5.41, 5.74) is -0.368. The lowest BCUT2D eigenvalue weighted by Crippen LogP contribution is -2.38. The van der Waals surface area contributed by atoms with Crippen LogP contribution in [0.3, 0.4) is 0 Å². The molecule has 1 heterocycles. The fourth-order valence-corrected chi connectivity index (χ4v) is 2.34. The number of ether oxygens (including phenoxy) is 1. The van der Waals surface area contributed by atoms with E-state index in [9.17, 15) is 10.1 Å². The molecule has 0 amide bonds. The molecule has 1 atom stereocenters. The van der Waals surface area contributed by atoms with Crippen molar-refractivity contribution in [2.75, 3.05) is 12.1 Å². The smallest absolute Gasteiger partial charge is 0.354 e. The molecule has 104 valence electrons. The van der Waals surface area contributed by atoms with Gasteiger partial charge >= 0.3 is 5.97 Å². The van der Waals surface area contributed by atoms with Crippen LogP contribution in [-0.4, -0.2) is 24.3 Å². The third-order valence-corrected chi connectivity index (χ3v) is 3.83. The van der Waals surface area contributed by atoms with Crippen LogP contribution in [0.1, 0.15) is 13.3 Å². The number of rotatable bonds is 2. The van der Waals surface area contributed by atoms with Crippen molar-refractivity contribution in [1.29, 1.82) is 5.26 Å². The lowest BCUT2D eigenvalue weighted by molar-refractivity contribution is -0.132. The number of nitrogens with zero attached hydrogens (tertiary/aromatic N) is 3. The summed E-state index contributed by atoms with van der Waals surface area (Å²) in [5.74, 6) is -0.563. The highest BCUT2D eigenvalue weighted by molar-refractivity contribution is 6.44. The van der Waals surface area contributed by atoms with Crippen LogP contribution < -0.4 is 5.01 Å². The number of methoxy groups -OCH3 is 1. The van der Waals surface area contributed by atoms with Crippen LogP contribution in [0.15, 0.2) is 23.3 Å². The Morgan fingerprint density at radius 1 is 1.55 bits per heavy atom. The van der Waals surface area contributed by atoms with E-state index in [1.165, 1.54) is 12.1 Å². The Bertz CT molecular complexity index is 639. The van der Waals surface area contributed by atoms with Crippen molar-refractivity contribution in [3.8, 4) is 6.07 Å². The first-order valence-corrected chi connectivity index (χ1v) is 6.50. The van der Waals surface area contributed by atoms with Crippen molar-refractivity contribution < 1.29 is 9.53 Å². The normalized spacial score (nSPS) is 21.4. The van der Waals surface area contributed by atoms with E-state index in [0.29, 0.717) is 10.7 Å². The summed E-state index contributed by atoms with van der Waals surface area (Å²) < 4.78 is 4.65. The van der Waals surface area contributed by atoms with E-state index in [1.54, 1.807) is 25.1 Å². The number of anilines is 1. The van der Waals surface area contributed by atoms with Gasteiger partial charge in [0, 0.05) is 6.42 Å². The topological polar surface area (TPSA) is 65.7 Å². The molecule has 1 aromatic carbocycles. The van der Waals surface area contributed by atoms with Gasteiger partial charge in [0.2, 0.25) is 0 Å². The molecular formula is C13H11Cl2N3O2. The second-order valence-corrected chi connectivity index (χ2v) is 5.27. The van der Waals surface area contributed by atoms with Gasteiger partial charge in [-0.25, -0.2) is 9.80 Å². The molecule has 1 aromatic rings. The van der Waals surface area contributed by atoms with Gasteiger partial charge in [0.25, 0.3) is 0 Å². The second kappa shape index (κ2) is 5.31. The molecule has 7 heteroatoms. The molecular weight excluding hydrogens is 301 g/mol. The third-order valence-electron chi connectivity index (χ3n) is 3.02. The van der Waals surface area contributed by atoms with Crippen LogP contribution in [0.2, 0.25) is 10.0 Å². The van der Waals surface area contributed by atoms with E-state index in [4.69, 9.17) is 23.2 Å². The summed E-state index contributed by atoms with van der Waals surface area (Å²) >= 11 is 12.1. The Morgan fingerprint density at radius 2 is 2.25 bits per heavy atom. The Morgan fingerprint density at radius 3 is 2.85 bits per heavy atom. The predicted molar refractivity (Wildman–Crippen MR) is 77.0 cm³/mol. The molecule has 0 saturated heterocycles. The van der Waals surface area contributed by atoms with E-state index >= 15 is 0 Å². The third kappa shape index (κ3) is 2.33. The lowest BCUT2D eigenvalue weighted by Gasteiger charge is -2.28. The minimum atomic E-state index is -1.02. The van der Waals surface area contributed by atoms with Crippen molar-refractivity contribution in [1.82, 2.24) is 0 Å². The minimum absolute atomic E-state index is 0.152. The Hall–Kier alpha value is -1.77. The average Bonchev–Trinajstić information content (AvgIpc) is 2.79. The number of halogens is 2. The molecule has 2 rings (SSSR count). The SMILES string of the molecule is COC(=O)C1=NN(c2cccc(Cl)c2Cl)C(C)(C#N)C1. The molecule has 1 unspecified atom stereocenters. The van der Waals surface area contributed by atoms with Crippen LogP contribution in [0.5, 0.6) is 0 Å². The van der Waals surface area contributed by atoms with Crippen LogP contribution in [0.4, 0.5) is 5.69 Å². The molecule has 0 fully saturated rings. The first kappa shape index (κ1) is 14.6. The summed E-state index contributed by atoms with van der Waals surface area (Å²) in [7, 11) is 1.27. The van der Waals surface area contributed by atoms with Crippen LogP contribution in [-0.2, 0) is 9.53 Å². The second-order valence-electron chi connectivity index (χ2n) is 4.49. The number of hydrogen-bond donors (Lipinski definition) is 0. The fourth-order valence-electron chi connectivity index (χ4n) is 1.96. The van der Waals surface area contributed by atoms with Crippen molar-refractivity contribution >= 4 is 40.6 Å². The molecule has 0 N–H and O–H groups in total. The summed E-state index contributed by atoms with van der Waals surface area (Å²) in [6.07, 6.45) is 0.152. The lowest BCUT2D eigenvalue weighted by atomic mass is 9.97. The van der Waals surface area contributed by atoms with Crippen molar-refractivity contribution in [2.45, 2.75) is 18.9 Å². The van der Waals surface area contributed by atoms with E-state index in [1.807, 2.05) is 0 Å². The molecule has 0 bridgehead atoms. The van der Waals surface area contributed by atoms with Gasteiger partial charge in [-0.3, -0.25) is 0 Å². The van der Waals surface area contributed by atoms with E-state index in [0.717, 1.165) is 0 Å². The number of benzene rings is 1. The predicted octanol–water partition coefficient (Wildman–Crippen LogP) is 3.01. The Balaban J connectivity index is 2.52. The molecule has 0 spiro atoms. The summed E-state index contributed by atoms with van der Waals surface area (Å²) in [4.78, 5) is 11.6. The quantitative estimate of drug-likeness (QED) is 0.787. The first-order chi connectivity index (χ1) is 9.42. The summed E-state index contributed by atoms with van der Waals surface area (Å²) in [6.45, 7) is 1.67. The van der Waals surface area contributed by atoms with Crippen molar-refractivity contribution in [2.24, 2.45) is 5.10 Å². The number of esters is 1. The minimum Gasteiger partial charge on any atom is -0.464 e. The monoisotopic (exact) mass is 311 g/mol. The van der Waals surface area contributed by atoms with Gasteiger partial charge in [-0.1, -0.05) is 29.3 Å². The molecule has 5 nitrogen and oxygen atoms in total. The Kier molecular flexibility index (Phi) is 3.89. The van der Waals surface area contributed by atoms with Gasteiger partial charge in [0.15, 0.2) is 5.54 Å². The highest BCUT2D eigenvalue weighted by Crippen LogP contribution is 2.39. The molecule has 0 aliphatic carbocycles. The van der Waals surface area contributed by atoms with Gasteiger partial charge in [0.05, 0.1) is 28.9 Å². The number of hydrazone groups is 1. The first-order valence-electron chi connectivity index (χ1n) is 5.74. The van der Waals surface area contributed by atoms with E-state index in [-0.39, 0.29) is 17.2 Å². The zero-order chi connectivity index (χ0) is 14.9. The largest absolute Gasteiger partial charge is 0.464 e. The molecule has 1 aliphatic heterocycles. The van der Waals surface area contributed by atoms with Gasteiger partial charge < -0.3 is 4.74 Å². The number of carbonyl (C=O) groups excluding carboxylic acids is 1. The Labute approximate surface area is 126 Å². The standard InChI is InChI=1S/C13H11Cl2N3O2/c1-13(7-16)6-9(12(19)20-2)17-18(13)10-5-3-4-8(14)11(10)15/h3-5H,6H2,1-2H3. The average molecular weight is 312 g/mol. The molecule has 0 saturated carbocycles.